The zero-order valence-corrected chi connectivity index (χ0v) is 12.1. The third-order valence-corrected chi connectivity index (χ3v) is 3.81. The Kier molecular flexibility index (Phi) is 5.97. The Morgan fingerprint density at radius 3 is 2.61 bits per heavy atom. The Labute approximate surface area is 116 Å². The largest absolute Gasteiger partial charge is 0.508 e. The van der Waals surface area contributed by atoms with Crippen molar-refractivity contribution in [1.82, 2.24) is 4.90 Å². The van der Waals surface area contributed by atoms with Gasteiger partial charge in [-0.1, -0.05) is 25.0 Å². The summed E-state index contributed by atoms with van der Waals surface area (Å²) < 4.78 is 0. The minimum Gasteiger partial charge on any atom is -0.508 e. The summed E-state index contributed by atoms with van der Waals surface area (Å²) in [6.45, 7) is 1.15. The fraction of sp³-hybridized carbons (Fsp3) is 0.600. The second kappa shape index (κ2) is 7.01. The molecule has 2 rings (SSSR count). The maximum Gasteiger partial charge on any atom is 0.115 e. The van der Waals surface area contributed by atoms with Crippen molar-refractivity contribution in [1.29, 1.82) is 0 Å². The van der Waals surface area contributed by atoms with Gasteiger partial charge in [-0.05, 0) is 56.5 Å². The van der Waals surface area contributed by atoms with E-state index < -0.39 is 0 Å². The number of halogens is 1. The lowest BCUT2D eigenvalue weighted by molar-refractivity contribution is 0.233. The molecule has 1 fully saturated rings. The van der Waals surface area contributed by atoms with Gasteiger partial charge in [0.05, 0.1) is 0 Å². The van der Waals surface area contributed by atoms with Crippen LogP contribution in [-0.2, 0) is 0 Å². The number of phenolic OH excluding ortho intramolecular Hbond substituents is 1. The molecule has 1 N–H and O–H groups in total. The highest BCUT2D eigenvalue weighted by Gasteiger charge is 2.26. The zero-order chi connectivity index (χ0) is 12.3. The molecule has 2 atom stereocenters. The number of nitrogens with zero attached hydrogens (tertiary/aromatic N) is 1. The fourth-order valence-corrected chi connectivity index (χ4v) is 3.09. The fourth-order valence-electron chi connectivity index (χ4n) is 3.09. The molecule has 0 bridgehead atoms. The molecule has 0 aliphatic heterocycles. The second-order valence-corrected chi connectivity index (χ2v) is 5.51. The van der Waals surface area contributed by atoms with E-state index in [0.29, 0.717) is 11.7 Å². The third kappa shape index (κ3) is 3.89. The van der Waals surface area contributed by atoms with E-state index >= 15 is 0 Å². The molecular formula is C15H24ClNO. The first kappa shape index (κ1) is 15.3. The van der Waals surface area contributed by atoms with E-state index in [4.69, 9.17) is 0 Å². The first-order chi connectivity index (χ1) is 8.16. The average molecular weight is 270 g/mol. The van der Waals surface area contributed by atoms with Crippen LogP contribution in [-0.4, -0.2) is 30.6 Å². The zero-order valence-electron chi connectivity index (χ0n) is 11.3. The second-order valence-electron chi connectivity index (χ2n) is 5.51. The maximum atomic E-state index is 9.60. The molecule has 18 heavy (non-hydrogen) atoms. The normalized spacial score (nSPS) is 23.7. The summed E-state index contributed by atoms with van der Waals surface area (Å²) in [5.41, 5.74) is 1.32. The van der Waals surface area contributed by atoms with Crippen LogP contribution in [0.15, 0.2) is 24.3 Å². The van der Waals surface area contributed by atoms with Crippen LogP contribution in [0, 0.1) is 5.92 Å². The molecule has 3 heteroatoms. The van der Waals surface area contributed by atoms with Gasteiger partial charge in [0.1, 0.15) is 5.75 Å². The molecular weight excluding hydrogens is 246 g/mol. The SMILES string of the molecule is CN(C)C[C@H]1CCCC[C@H]1c1cccc(O)c1.Cl. The molecule has 0 aromatic heterocycles. The Morgan fingerprint density at radius 1 is 1.22 bits per heavy atom. The van der Waals surface area contributed by atoms with Crippen molar-refractivity contribution < 1.29 is 5.11 Å². The summed E-state index contributed by atoms with van der Waals surface area (Å²) in [6, 6.07) is 7.83. The van der Waals surface area contributed by atoms with Crippen molar-refractivity contribution >= 4 is 12.4 Å². The minimum atomic E-state index is 0. The molecule has 0 unspecified atom stereocenters. The molecule has 0 spiro atoms. The highest BCUT2D eigenvalue weighted by Crippen LogP contribution is 2.38. The van der Waals surface area contributed by atoms with E-state index in [9.17, 15) is 5.11 Å². The summed E-state index contributed by atoms with van der Waals surface area (Å²) in [4.78, 5) is 2.28. The summed E-state index contributed by atoms with van der Waals surface area (Å²) in [5, 5.41) is 9.60. The van der Waals surface area contributed by atoms with E-state index in [-0.39, 0.29) is 12.4 Å². The molecule has 102 valence electrons. The molecule has 1 aromatic rings. The van der Waals surface area contributed by atoms with Crippen LogP contribution in [0.1, 0.15) is 37.2 Å². The summed E-state index contributed by atoms with van der Waals surface area (Å²) in [5.74, 6) is 1.76. The molecule has 0 radical (unpaired) electrons. The quantitative estimate of drug-likeness (QED) is 0.905. The minimum absolute atomic E-state index is 0. The number of benzene rings is 1. The third-order valence-electron chi connectivity index (χ3n) is 3.81. The van der Waals surface area contributed by atoms with Crippen molar-refractivity contribution in [3.63, 3.8) is 0 Å². The number of hydrogen-bond acceptors (Lipinski definition) is 2. The van der Waals surface area contributed by atoms with Gasteiger partial charge in [-0.2, -0.15) is 0 Å². The lowest BCUT2D eigenvalue weighted by atomic mass is 9.75. The summed E-state index contributed by atoms with van der Waals surface area (Å²) >= 11 is 0. The first-order valence-electron chi connectivity index (χ1n) is 6.60. The van der Waals surface area contributed by atoms with E-state index in [1.807, 2.05) is 12.1 Å². The van der Waals surface area contributed by atoms with Gasteiger partial charge in [0.25, 0.3) is 0 Å². The van der Waals surface area contributed by atoms with Crippen molar-refractivity contribution in [2.45, 2.75) is 31.6 Å². The van der Waals surface area contributed by atoms with Gasteiger partial charge in [0, 0.05) is 6.54 Å². The van der Waals surface area contributed by atoms with Crippen LogP contribution in [0.2, 0.25) is 0 Å². The Hall–Kier alpha value is -0.730. The van der Waals surface area contributed by atoms with Gasteiger partial charge in [0.15, 0.2) is 0 Å². The maximum absolute atomic E-state index is 9.60. The van der Waals surface area contributed by atoms with Crippen molar-refractivity contribution in [2.24, 2.45) is 5.92 Å². The van der Waals surface area contributed by atoms with Gasteiger partial charge in [-0.3, -0.25) is 0 Å². The monoisotopic (exact) mass is 269 g/mol. The van der Waals surface area contributed by atoms with Gasteiger partial charge in [-0.25, -0.2) is 0 Å². The van der Waals surface area contributed by atoms with Crippen LogP contribution in [0.25, 0.3) is 0 Å². The topological polar surface area (TPSA) is 23.5 Å². The molecule has 0 saturated heterocycles. The van der Waals surface area contributed by atoms with E-state index in [1.54, 1.807) is 6.07 Å². The summed E-state index contributed by atoms with van der Waals surface area (Å²) in [6.07, 6.45) is 5.26. The lowest BCUT2D eigenvalue weighted by Gasteiger charge is -2.33. The Morgan fingerprint density at radius 2 is 1.94 bits per heavy atom. The van der Waals surface area contributed by atoms with E-state index in [0.717, 1.165) is 12.5 Å². The highest BCUT2D eigenvalue weighted by atomic mass is 35.5. The van der Waals surface area contributed by atoms with Crippen LogP contribution in [0.3, 0.4) is 0 Å². The molecule has 1 saturated carbocycles. The van der Waals surface area contributed by atoms with Gasteiger partial charge in [0.2, 0.25) is 0 Å². The molecule has 2 nitrogen and oxygen atoms in total. The molecule has 0 amide bonds. The Bertz CT molecular complexity index is 367. The highest BCUT2D eigenvalue weighted by molar-refractivity contribution is 5.85. The van der Waals surface area contributed by atoms with Crippen molar-refractivity contribution in [2.75, 3.05) is 20.6 Å². The molecule has 1 aliphatic carbocycles. The van der Waals surface area contributed by atoms with Crippen LogP contribution in [0.4, 0.5) is 0 Å². The number of hydrogen-bond donors (Lipinski definition) is 1. The van der Waals surface area contributed by atoms with Gasteiger partial charge in [-0.15, -0.1) is 12.4 Å². The van der Waals surface area contributed by atoms with Crippen LogP contribution < -0.4 is 0 Å². The van der Waals surface area contributed by atoms with E-state index in [1.165, 1.54) is 31.2 Å². The first-order valence-corrected chi connectivity index (χ1v) is 6.60. The predicted octanol–water partition coefficient (Wildman–Crippen LogP) is 3.65. The van der Waals surface area contributed by atoms with E-state index in [2.05, 4.69) is 25.1 Å². The van der Waals surface area contributed by atoms with Gasteiger partial charge >= 0.3 is 0 Å². The molecule has 1 aliphatic rings. The van der Waals surface area contributed by atoms with Crippen LogP contribution in [0.5, 0.6) is 5.75 Å². The molecule has 1 aromatic carbocycles. The molecule has 0 heterocycles. The Balaban J connectivity index is 0.00000162. The van der Waals surface area contributed by atoms with Crippen LogP contribution >= 0.6 is 12.4 Å². The predicted molar refractivity (Wildman–Crippen MR) is 78.6 cm³/mol. The summed E-state index contributed by atoms with van der Waals surface area (Å²) in [7, 11) is 4.29. The lowest BCUT2D eigenvalue weighted by Crippen LogP contribution is -2.28. The average Bonchev–Trinajstić information content (AvgIpc) is 2.29. The standard InChI is InChI=1S/C15H23NO.ClH/c1-16(2)11-13-6-3-4-9-15(13)12-7-5-8-14(17)10-12;/h5,7-8,10,13,15,17H,3-4,6,9,11H2,1-2H3;1H/t13-,15+;/m1./s1. The number of aromatic hydroxyl groups is 1. The van der Waals surface area contributed by atoms with Crippen molar-refractivity contribution in [3.05, 3.63) is 29.8 Å². The van der Waals surface area contributed by atoms with Gasteiger partial charge < -0.3 is 10.0 Å². The number of phenols is 1. The van der Waals surface area contributed by atoms with Crippen molar-refractivity contribution in [3.8, 4) is 5.75 Å². The number of rotatable bonds is 3. The smallest absolute Gasteiger partial charge is 0.115 e.